The molecule has 0 aliphatic heterocycles. The number of nitrogens with zero attached hydrogens (tertiary/aromatic N) is 1. The highest BCUT2D eigenvalue weighted by Crippen LogP contribution is 2.43. The standard InChI is InChI=1S/C55H101N2O6P/c1-6-8-10-12-14-16-18-19-20-21-22-23-24-25-26-27-28-29-30-31-32-33-34-35-36-37-39-41-43-45-47-49-55(59)56-53(52-63-64(60,61)62-51-50-57(3,4)5)54(58)48-46-44-42-40-38-17-15-13-11-9-7-2/h11,13,18-19,21-22,24-25,38,40,46,48,53-54,58H,6-10,12,14-17,20,23,26-37,39,41-45,47,49-52H2,1-5H3,(H-,56,59,60,61)/p+1/b13-11+,19-18-,22-21-,25-24-,40-38+,48-46+. The van der Waals surface area contributed by atoms with Crippen LogP contribution in [0.1, 0.15) is 219 Å². The molecule has 0 saturated carbocycles. The van der Waals surface area contributed by atoms with Crippen LogP contribution in [0.4, 0.5) is 0 Å². The summed E-state index contributed by atoms with van der Waals surface area (Å²) in [7, 11) is 1.54. The van der Waals surface area contributed by atoms with Crippen LogP contribution in [0.2, 0.25) is 0 Å². The van der Waals surface area contributed by atoms with E-state index in [4.69, 9.17) is 9.05 Å². The fourth-order valence-corrected chi connectivity index (χ4v) is 7.94. The van der Waals surface area contributed by atoms with Gasteiger partial charge >= 0.3 is 7.82 Å². The Morgan fingerprint density at radius 2 is 0.938 bits per heavy atom. The highest BCUT2D eigenvalue weighted by molar-refractivity contribution is 7.47. The molecule has 0 saturated heterocycles. The Labute approximate surface area is 395 Å². The van der Waals surface area contributed by atoms with Crippen LogP contribution in [0.5, 0.6) is 0 Å². The number of carbonyl (C=O) groups is 1. The third-order valence-corrected chi connectivity index (χ3v) is 12.3. The van der Waals surface area contributed by atoms with Gasteiger partial charge in [-0.2, -0.15) is 0 Å². The molecule has 0 fully saturated rings. The van der Waals surface area contributed by atoms with Crippen LogP contribution >= 0.6 is 7.82 Å². The molecule has 0 heterocycles. The molecule has 0 aliphatic carbocycles. The molecule has 0 spiro atoms. The first kappa shape index (κ1) is 61.9. The van der Waals surface area contributed by atoms with E-state index < -0.39 is 20.0 Å². The van der Waals surface area contributed by atoms with Crippen LogP contribution in [0.15, 0.2) is 72.9 Å². The van der Waals surface area contributed by atoms with Crippen molar-refractivity contribution < 1.29 is 32.9 Å². The summed E-state index contributed by atoms with van der Waals surface area (Å²) < 4.78 is 23.5. The van der Waals surface area contributed by atoms with Gasteiger partial charge in [0.15, 0.2) is 0 Å². The molecule has 3 unspecified atom stereocenters. The second-order valence-electron chi connectivity index (χ2n) is 18.9. The number of carbonyl (C=O) groups excluding carboxylic acids is 1. The van der Waals surface area contributed by atoms with E-state index in [0.29, 0.717) is 17.4 Å². The molecule has 1 amide bonds. The molecular weight excluding hydrogens is 816 g/mol. The average Bonchev–Trinajstić information content (AvgIpc) is 3.25. The second kappa shape index (κ2) is 46.1. The summed E-state index contributed by atoms with van der Waals surface area (Å²) >= 11 is 0. The fraction of sp³-hybridized carbons (Fsp3) is 0.764. The number of quaternary nitrogens is 1. The molecule has 0 radical (unpaired) electrons. The van der Waals surface area contributed by atoms with Crippen LogP contribution in [-0.4, -0.2) is 73.4 Å². The quantitative estimate of drug-likeness (QED) is 0.0243. The van der Waals surface area contributed by atoms with Crippen LogP contribution in [0.3, 0.4) is 0 Å². The number of phosphoric acid groups is 1. The maximum atomic E-state index is 12.9. The SMILES string of the molecule is CCC/C=C/CC/C=C/CC/C=C/C(O)C(COP(=O)(O)OCC[N+](C)(C)C)NC(=O)CCCCCCCCCCCCCCCCCC/C=C\C/C=C\C/C=C\CCCCCCC. The number of likely N-dealkylation sites (N-methyl/N-ethyl adjacent to an activating group) is 1. The molecule has 372 valence electrons. The van der Waals surface area contributed by atoms with Crippen molar-refractivity contribution in [2.75, 3.05) is 40.9 Å². The number of unbranched alkanes of at least 4 members (excludes halogenated alkanes) is 24. The number of hydrogen-bond acceptors (Lipinski definition) is 5. The zero-order chi connectivity index (χ0) is 47.1. The van der Waals surface area contributed by atoms with Crippen LogP contribution in [0, 0.1) is 0 Å². The van der Waals surface area contributed by atoms with E-state index in [1.54, 1.807) is 6.08 Å². The van der Waals surface area contributed by atoms with Crippen molar-refractivity contribution in [1.82, 2.24) is 5.32 Å². The molecule has 0 aromatic rings. The molecule has 8 nitrogen and oxygen atoms in total. The fourth-order valence-electron chi connectivity index (χ4n) is 7.21. The van der Waals surface area contributed by atoms with Crippen LogP contribution in [-0.2, 0) is 18.4 Å². The molecule has 3 N–H and O–H groups in total. The molecule has 0 rings (SSSR count). The summed E-state index contributed by atoms with van der Waals surface area (Å²) in [5.41, 5.74) is 0. The van der Waals surface area contributed by atoms with E-state index in [2.05, 4.69) is 79.9 Å². The molecule has 0 aliphatic rings. The minimum atomic E-state index is -4.35. The molecule has 9 heteroatoms. The van der Waals surface area contributed by atoms with Gasteiger partial charge in [0.2, 0.25) is 5.91 Å². The summed E-state index contributed by atoms with van der Waals surface area (Å²) in [6.45, 7) is 4.69. The van der Waals surface area contributed by atoms with E-state index in [9.17, 15) is 19.4 Å². The predicted octanol–water partition coefficient (Wildman–Crippen LogP) is 15.5. The number of allylic oxidation sites excluding steroid dienone is 11. The highest BCUT2D eigenvalue weighted by Gasteiger charge is 2.27. The van der Waals surface area contributed by atoms with Crippen molar-refractivity contribution in [3.05, 3.63) is 72.9 Å². The Balaban J connectivity index is 4.08. The van der Waals surface area contributed by atoms with Crippen molar-refractivity contribution in [2.45, 2.75) is 231 Å². The Hall–Kier alpha value is -2.06. The molecule has 64 heavy (non-hydrogen) atoms. The molecular formula is C55H102N2O6P+. The first-order valence-electron chi connectivity index (χ1n) is 26.3. The van der Waals surface area contributed by atoms with Crippen LogP contribution < -0.4 is 5.32 Å². The normalized spacial score (nSPS) is 14.7. The zero-order valence-electron chi connectivity index (χ0n) is 42.3. The predicted molar refractivity (Wildman–Crippen MR) is 276 cm³/mol. The lowest BCUT2D eigenvalue weighted by atomic mass is 10.0. The minimum Gasteiger partial charge on any atom is -0.387 e. The average molecular weight is 918 g/mol. The van der Waals surface area contributed by atoms with Gasteiger partial charge in [-0.05, 0) is 77.0 Å². The number of phosphoric ester groups is 1. The van der Waals surface area contributed by atoms with Gasteiger partial charge in [0.05, 0.1) is 39.9 Å². The number of amides is 1. The number of aliphatic hydroxyl groups excluding tert-OH is 1. The van der Waals surface area contributed by atoms with E-state index in [1.165, 1.54) is 135 Å². The number of hydrogen-bond donors (Lipinski definition) is 3. The van der Waals surface area contributed by atoms with Gasteiger partial charge < -0.3 is 19.8 Å². The Kier molecular flexibility index (Phi) is 44.6. The van der Waals surface area contributed by atoms with E-state index in [0.717, 1.165) is 64.2 Å². The van der Waals surface area contributed by atoms with E-state index in [-0.39, 0.29) is 19.1 Å². The first-order valence-corrected chi connectivity index (χ1v) is 27.8. The van der Waals surface area contributed by atoms with Gasteiger partial charge in [-0.15, -0.1) is 0 Å². The summed E-state index contributed by atoms with van der Waals surface area (Å²) in [6.07, 6.45) is 63.0. The number of nitrogens with one attached hydrogen (secondary N) is 1. The van der Waals surface area contributed by atoms with Crippen molar-refractivity contribution in [1.29, 1.82) is 0 Å². The van der Waals surface area contributed by atoms with Gasteiger partial charge in [-0.25, -0.2) is 4.57 Å². The third kappa shape index (κ3) is 47.9. The lowest BCUT2D eigenvalue weighted by Crippen LogP contribution is -2.45. The van der Waals surface area contributed by atoms with Crippen molar-refractivity contribution in [3.8, 4) is 0 Å². The second-order valence-corrected chi connectivity index (χ2v) is 20.3. The summed E-state index contributed by atoms with van der Waals surface area (Å²) in [4.78, 5) is 23.2. The molecule has 3 atom stereocenters. The van der Waals surface area contributed by atoms with Gasteiger partial charge in [-0.3, -0.25) is 13.8 Å². The molecule has 0 aromatic heterocycles. The van der Waals surface area contributed by atoms with Gasteiger partial charge in [0.25, 0.3) is 0 Å². The first-order chi connectivity index (χ1) is 31.0. The lowest BCUT2D eigenvalue weighted by molar-refractivity contribution is -0.870. The van der Waals surface area contributed by atoms with Crippen LogP contribution in [0.25, 0.3) is 0 Å². The Morgan fingerprint density at radius 1 is 0.531 bits per heavy atom. The van der Waals surface area contributed by atoms with Crippen molar-refractivity contribution in [2.24, 2.45) is 0 Å². The smallest absolute Gasteiger partial charge is 0.387 e. The van der Waals surface area contributed by atoms with Crippen molar-refractivity contribution >= 4 is 13.7 Å². The summed E-state index contributed by atoms with van der Waals surface area (Å²) in [5, 5.41) is 13.8. The van der Waals surface area contributed by atoms with Gasteiger partial charge in [0, 0.05) is 6.42 Å². The summed E-state index contributed by atoms with van der Waals surface area (Å²) in [5.74, 6) is -0.194. The van der Waals surface area contributed by atoms with E-state index in [1.807, 2.05) is 27.2 Å². The Morgan fingerprint density at radius 3 is 1.41 bits per heavy atom. The van der Waals surface area contributed by atoms with Crippen molar-refractivity contribution in [3.63, 3.8) is 0 Å². The van der Waals surface area contributed by atoms with Gasteiger partial charge in [-0.1, -0.05) is 209 Å². The summed E-state index contributed by atoms with van der Waals surface area (Å²) in [6, 6.07) is -0.870. The minimum absolute atomic E-state index is 0.0513. The monoisotopic (exact) mass is 918 g/mol. The Bertz CT molecular complexity index is 1270. The maximum absolute atomic E-state index is 12.9. The van der Waals surface area contributed by atoms with Gasteiger partial charge in [0.1, 0.15) is 13.2 Å². The molecule has 0 aromatic carbocycles. The largest absolute Gasteiger partial charge is 0.472 e. The highest BCUT2D eigenvalue weighted by atomic mass is 31.2. The topological polar surface area (TPSA) is 105 Å². The third-order valence-electron chi connectivity index (χ3n) is 11.4. The molecule has 0 bridgehead atoms. The zero-order valence-corrected chi connectivity index (χ0v) is 43.1. The lowest BCUT2D eigenvalue weighted by Gasteiger charge is -2.25. The number of aliphatic hydroxyl groups is 1. The van der Waals surface area contributed by atoms with E-state index >= 15 is 0 Å². The number of rotatable bonds is 47. The maximum Gasteiger partial charge on any atom is 0.472 e.